The average molecular weight is 749 g/mol. The predicted octanol–water partition coefficient (Wildman–Crippen LogP) is 16.4. The molecule has 276 valence electrons. The quantitative estimate of drug-likeness (QED) is 0.124. The van der Waals surface area contributed by atoms with Crippen LogP contribution in [0.25, 0.3) is 109 Å². The smallest absolute Gasteiger partial charge is 0.0171 e. The van der Waals surface area contributed by atoms with Crippen molar-refractivity contribution in [3.63, 3.8) is 0 Å². The minimum absolute atomic E-state index is 0.184. The van der Waals surface area contributed by atoms with Crippen molar-refractivity contribution in [2.24, 2.45) is 0 Å². The van der Waals surface area contributed by atoms with E-state index in [2.05, 4.69) is 220 Å². The van der Waals surface area contributed by atoms with Crippen molar-refractivity contribution in [1.82, 2.24) is 0 Å². The van der Waals surface area contributed by atoms with Crippen LogP contribution in [0.15, 0.2) is 206 Å². The Morgan fingerprint density at radius 1 is 0.254 bits per heavy atom. The Morgan fingerprint density at radius 2 is 0.678 bits per heavy atom. The molecule has 0 nitrogen and oxygen atoms in total. The van der Waals surface area contributed by atoms with E-state index in [-0.39, 0.29) is 5.41 Å². The van der Waals surface area contributed by atoms with Crippen molar-refractivity contribution in [3.8, 4) is 55.6 Å². The predicted molar refractivity (Wildman–Crippen MR) is 253 cm³/mol. The fourth-order valence-electron chi connectivity index (χ4n) is 10.8. The van der Waals surface area contributed by atoms with Crippen LogP contribution in [0.2, 0.25) is 0 Å². The molecule has 0 bridgehead atoms. The van der Waals surface area contributed by atoms with Gasteiger partial charge in [-0.3, -0.25) is 0 Å². The van der Waals surface area contributed by atoms with E-state index in [1.807, 2.05) is 0 Å². The van der Waals surface area contributed by atoms with Crippen LogP contribution >= 0.6 is 0 Å². The van der Waals surface area contributed by atoms with Gasteiger partial charge in [-0.05, 0) is 127 Å². The zero-order valence-electron chi connectivity index (χ0n) is 33.1. The normalized spacial score (nSPS) is 13.1. The summed E-state index contributed by atoms with van der Waals surface area (Å²) in [6, 6.07) is 76.7. The van der Waals surface area contributed by atoms with Crippen LogP contribution in [0.3, 0.4) is 0 Å². The van der Waals surface area contributed by atoms with E-state index in [4.69, 9.17) is 0 Å². The molecule has 1 aliphatic carbocycles. The molecule has 0 radical (unpaired) electrons. The van der Waals surface area contributed by atoms with Gasteiger partial charge >= 0.3 is 0 Å². The molecule has 11 aromatic rings. The molecular weight excluding hydrogens is 709 g/mol. The van der Waals surface area contributed by atoms with Crippen LogP contribution in [0.4, 0.5) is 0 Å². The zero-order valence-corrected chi connectivity index (χ0v) is 33.1. The summed E-state index contributed by atoms with van der Waals surface area (Å²) in [7, 11) is 0. The summed E-state index contributed by atoms with van der Waals surface area (Å²) in [5.74, 6) is 0. The third-order valence-corrected chi connectivity index (χ3v) is 13.2. The van der Waals surface area contributed by atoms with Crippen LogP contribution < -0.4 is 0 Å². The summed E-state index contributed by atoms with van der Waals surface area (Å²) in [5, 5.41) is 12.9. The minimum atomic E-state index is -0.184. The molecule has 0 heterocycles. The summed E-state index contributed by atoms with van der Waals surface area (Å²) in [4.78, 5) is 0. The minimum Gasteiger partial charge on any atom is -0.0616 e. The van der Waals surface area contributed by atoms with Gasteiger partial charge in [0.2, 0.25) is 0 Å². The van der Waals surface area contributed by atoms with Gasteiger partial charge in [0.15, 0.2) is 0 Å². The molecule has 0 amide bonds. The van der Waals surface area contributed by atoms with Crippen molar-refractivity contribution in [2.75, 3.05) is 0 Å². The van der Waals surface area contributed by atoms with E-state index < -0.39 is 0 Å². The number of rotatable bonds is 4. The lowest BCUT2D eigenvalue weighted by atomic mass is 9.76. The van der Waals surface area contributed by atoms with Crippen molar-refractivity contribution >= 4 is 53.9 Å². The molecule has 11 aromatic carbocycles. The third kappa shape index (κ3) is 4.96. The fraction of sp³-hybridized carbons (Fsp3) is 0.0508. The van der Waals surface area contributed by atoms with Gasteiger partial charge in [-0.2, -0.15) is 0 Å². The molecule has 1 aliphatic rings. The summed E-state index contributed by atoms with van der Waals surface area (Å²) in [6.45, 7) is 4.85. The van der Waals surface area contributed by atoms with Crippen molar-refractivity contribution in [1.29, 1.82) is 0 Å². The van der Waals surface area contributed by atoms with Crippen LogP contribution in [-0.4, -0.2) is 0 Å². The largest absolute Gasteiger partial charge is 0.0616 e. The van der Waals surface area contributed by atoms with E-state index in [9.17, 15) is 0 Å². The number of hydrogen-bond donors (Lipinski definition) is 0. The van der Waals surface area contributed by atoms with Crippen LogP contribution in [-0.2, 0) is 5.41 Å². The SMILES string of the molecule is CC1(C)c2c(-c3ccc(-c4c5ccccc5c(-c5cccc(-c6cccc7ccccc67)c5)c5ccccc45)cc3)cccc2-c2c1c1ccccc1c1ccccc21. The number of fused-ring (bicyclic) bond motifs is 11. The molecule has 0 heteroatoms. The fourth-order valence-corrected chi connectivity index (χ4v) is 10.8. The van der Waals surface area contributed by atoms with Gasteiger partial charge in [0, 0.05) is 5.41 Å². The Labute approximate surface area is 344 Å². The average Bonchev–Trinajstić information content (AvgIpc) is 3.55. The zero-order chi connectivity index (χ0) is 39.2. The first-order valence-electron chi connectivity index (χ1n) is 20.8. The molecule has 0 saturated carbocycles. The lowest BCUT2D eigenvalue weighted by Crippen LogP contribution is -2.17. The molecule has 0 aliphatic heterocycles. The molecule has 0 spiro atoms. The Kier molecular flexibility index (Phi) is 7.38. The molecule has 0 N–H and O–H groups in total. The highest BCUT2D eigenvalue weighted by molar-refractivity contribution is 6.22. The molecule has 59 heavy (non-hydrogen) atoms. The summed E-state index contributed by atoms with van der Waals surface area (Å²) < 4.78 is 0. The number of hydrogen-bond acceptors (Lipinski definition) is 0. The standard InChI is InChI=1S/C59H40/c1-59(2)57-44(30-15-31-53(57)56-47-23-7-5-21-45(47)46-22-6-12-28-52(46)58(56)59)38-32-34-39(35-33-38)54-48-24-8-10-26-50(48)55(51-27-11-9-25-49(51)54)41-19-13-18-40(36-41)43-29-14-17-37-16-3-4-20-42(37)43/h3-36H,1-2H3. The molecule has 0 aromatic heterocycles. The lowest BCUT2D eigenvalue weighted by molar-refractivity contribution is 0.668. The lowest BCUT2D eigenvalue weighted by Gasteiger charge is -2.26. The second-order valence-electron chi connectivity index (χ2n) is 16.7. The van der Waals surface area contributed by atoms with E-state index in [0.29, 0.717) is 0 Å². The Bertz CT molecular complexity index is 3450. The Hall–Kier alpha value is -7.28. The highest BCUT2D eigenvalue weighted by Crippen LogP contribution is 2.57. The maximum Gasteiger partial charge on any atom is 0.0171 e. The summed E-state index contributed by atoms with van der Waals surface area (Å²) >= 11 is 0. The van der Waals surface area contributed by atoms with Crippen molar-refractivity contribution in [3.05, 3.63) is 217 Å². The van der Waals surface area contributed by atoms with Crippen molar-refractivity contribution in [2.45, 2.75) is 19.3 Å². The van der Waals surface area contributed by atoms with Gasteiger partial charge < -0.3 is 0 Å². The summed E-state index contributed by atoms with van der Waals surface area (Å²) in [5.41, 5.74) is 15.5. The maximum absolute atomic E-state index is 2.42. The van der Waals surface area contributed by atoms with Gasteiger partial charge in [0.25, 0.3) is 0 Å². The molecular formula is C59H40. The molecule has 0 atom stereocenters. The second-order valence-corrected chi connectivity index (χ2v) is 16.7. The topological polar surface area (TPSA) is 0 Å². The van der Waals surface area contributed by atoms with Crippen LogP contribution in [0, 0.1) is 0 Å². The first kappa shape index (κ1) is 33.8. The molecule has 12 rings (SSSR count). The Balaban J connectivity index is 1.01. The number of benzene rings is 11. The third-order valence-electron chi connectivity index (χ3n) is 13.2. The van der Waals surface area contributed by atoms with Crippen molar-refractivity contribution < 1.29 is 0 Å². The van der Waals surface area contributed by atoms with Gasteiger partial charge in [-0.25, -0.2) is 0 Å². The Morgan fingerprint density at radius 3 is 1.34 bits per heavy atom. The molecule has 0 unspecified atom stereocenters. The molecule has 0 saturated heterocycles. The van der Waals surface area contributed by atoms with E-state index in [1.54, 1.807) is 0 Å². The van der Waals surface area contributed by atoms with Gasteiger partial charge in [-0.1, -0.05) is 214 Å². The summed E-state index contributed by atoms with van der Waals surface area (Å²) in [6.07, 6.45) is 0. The highest BCUT2D eigenvalue weighted by Gasteiger charge is 2.40. The van der Waals surface area contributed by atoms with Gasteiger partial charge in [-0.15, -0.1) is 0 Å². The van der Waals surface area contributed by atoms with E-state index in [0.717, 1.165) is 0 Å². The van der Waals surface area contributed by atoms with Gasteiger partial charge in [0.1, 0.15) is 0 Å². The van der Waals surface area contributed by atoms with E-state index in [1.165, 1.54) is 121 Å². The first-order chi connectivity index (χ1) is 29.1. The monoisotopic (exact) mass is 748 g/mol. The highest BCUT2D eigenvalue weighted by atomic mass is 14.4. The van der Waals surface area contributed by atoms with Gasteiger partial charge in [0.05, 0.1) is 0 Å². The van der Waals surface area contributed by atoms with E-state index >= 15 is 0 Å². The second kappa shape index (κ2) is 12.9. The molecule has 0 fully saturated rings. The first-order valence-corrected chi connectivity index (χ1v) is 20.8. The van der Waals surface area contributed by atoms with Crippen LogP contribution in [0.5, 0.6) is 0 Å². The maximum atomic E-state index is 2.42. The van der Waals surface area contributed by atoms with Crippen LogP contribution in [0.1, 0.15) is 25.0 Å².